The van der Waals surface area contributed by atoms with Gasteiger partial charge in [-0.1, -0.05) is 47.3 Å². The first-order chi connectivity index (χ1) is 7.02. The molecular formula is C14H26F2. The number of halogens is 2. The third-order valence-electron chi connectivity index (χ3n) is 4.06. The first kappa shape index (κ1) is 15.6. The summed E-state index contributed by atoms with van der Waals surface area (Å²) in [5.74, 6) is -0.0996. The van der Waals surface area contributed by atoms with Gasteiger partial charge in [0.15, 0.2) is 0 Å². The second kappa shape index (κ2) is 4.85. The van der Waals surface area contributed by atoms with E-state index in [-0.39, 0.29) is 12.3 Å². The number of allylic oxidation sites excluding steroid dienone is 1. The normalized spacial score (nSPS) is 20.3. The minimum atomic E-state index is -1.55. The average Bonchev–Trinajstić information content (AvgIpc) is 2.16. The zero-order valence-corrected chi connectivity index (χ0v) is 11.5. The zero-order chi connectivity index (χ0) is 13.2. The van der Waals surface area contributed by atoms with E-state index in [9.17, 15) is 8.78 Å². The smallest absolute Gasteiger partial charge is 0.131 e. The van der Waals surface area contributed by atoms with Crippen molar-refractivity contribution in [1.82, 2.24) is 0 Å². The van der Waals surface area contributed by atoms with Gasteiger partial charge in [-0.05, 0) is 25.7 Å². The van der Waals surface area contributed by atoms with Gasteiger partial charge in [0.2, 0.25) is 0 Å². The highest BCUT2D eigenvalue weighted by molar-refractivity contribution is 5.05. The minimum Gasteiger partial charge on any atom is -0.244 e. The van der Waals surface area contributed by atoms with Crippen molar-refractivity contribution in [3.63, 3.8) is 0 Å². The largest absolute Gasteiger partial charge is 0.244 e. The van der Waals surface area contributed by atoms with Crippen LogP contribution in [0.2, 0.25) is 0 Å². The molecule has 2 unspecified atom stereocenters. The maximum Gasteiger partial charge on any atom is 0.131 e. The highest BCUT2D eigenvalue weighted by atomic mass is 19.1. The highest BCUT2D eigenvalue weighted by Crippen LogP contribution is 2.46. The van der Waals surface area contributed by atoms with E-state index in [0.29, 0.717) is 6.42 Å². The molecule has 0 heterocycles. The van der Waals surface area contributed by atoms with Crippen molar-refractivity contribution in [2.24, 2.45) is 11.3 Å². The zero-order valence-electron chi connectivity index (χ0n) is 11.5. The molecule has 0 aromatic carbocycles. The monoisotopic (exact) mass is 232 g/mol. The molecule has 0 N–H and O–H groups in total. The fraction of sp³-hybridized carbons (Fsp3) is 0.857. The lowest BCUT2D eigenvalue weighted by Gasteiger charge is -2.42. The summed E-state index contributed by atoms with van der Waals surface area (Å²) in [6.07, 6.45) is 1.91. The molecule has 2 heteroatoms. The lowest BCUT2D eigenvalue weighted by atomic mass is 9.67. The topological polar surface area (TPSA) is 0 Å². The molecule has 0 spiro atoms. The molecule has 0 saturated carbocycles. The van der Waals surface area contributed by atoms with Crippen molar-refractivity contribution < 1.29 is 8.78 Å². The van der Waals surface area contributed by atoms with Gasteiger partial charge < -0.3 is 0 Å². The fourth-order valence-electron chi connectivity index (χ4n) is 1.92. The van der Waals surface area contributed by atoms with E-state index in [2.05, 4.69) is 6.58 Å². The fourth-order valence-corrected chi connectivity index (χ4v) is 1.92. The first-order valence-corrected chi connectivity index (χ1v) is 6.04. The summed E-state index contributed by atoms with van der Waals surface area (Å²) in [6, 6.07) is 0. The lowest BCUT2D eigenvalue weighted by Crippen LogP contribution is -2.43. The summed E-state index contributed by atoms with van der Waals surface area (Å²) in [5.41, 5.74) is -3.60. The van der Waals surface area contributed by atoms with Gasteiger partial charge in [-0.25, -0.2) is 8.78 Å². The molecule has 0 aliphatic rings. The van der Waals surface area contributed by atoms with Crippen LogP contribution in [0, 0.1) is 11.3 Å². The molecule has 0 saturated heterocycles. The van der Waals surface area contributed by atoms with Crippen molar-refractivity contribution in [3.05, 3.63) is 12.7 Å². The third-order valence-corrected chi connectivity index (χ3v) is 4.06. The molecular weight excluding hydrogens is 206 g/mol. The molecule has 0 aromatic rings. The van der Waals surface area contributed by atoms with Crippen LogP contribution in [0.15, 0.2) is 12.7 Å². The number of hydrogen-bond donors (Lipinski definition) is 0. The van der Waals surface area contributed by atoms with E-state index in [4.69, 9.17) is 0 Å². The summed E-state index contributed by atoms with van der Waals surface area (Å²) in [7, 11) is 0. The summed E-state index contributed by atoms with van der Waals surface area (Å²) in [4.78, 5) is 0. The Hall–Kier alpha value is -0.400. The molecule has 0 rings (SSSR count). The van der Waals surface area contributed by atoms with Crippen molar-refractivity contribution >= 4 is 0 Å². The van der Waals surface area contributed by atoms with Crippen LogP contribution in [0.4, 0.5) is 8.78 Å². The third kappa shape index (κ3) is 3.05. The van der Waals surface area contributed by atoms with E-state index in [1.807, 2.05) is 20.8 Å². The molecule has 0 radical (unpaired) electrons. The second-order valence-corrected chi connectivity index (χ2v) is 5.88. The van der Waals surface area contributed by atoms with Crippen LogP contribution in [-0.4, -0.2) is 11.3 Å². The van der Waals surface area contributed by atoms with E-state index in [1.54, 1.807) is 13.8 Å². The van der Waals surface area contributed by atoms with Crippen LogP contribution < -0.4 is 0 Å². The number of alkyl halides is 2. The minimum absolute atomic E-state index is 0.0996. The predicted molar refractivity (Wildman–Crippen MR) is 67.1 cm³/mol. The Balaban J connectivity index is 5.01. The number of hydrogen-bond acceptors (Lipinski definition) is 0. The van der Waals surface area contributed by atoms with Crippen molar-refractivity contribution in [1.29, 1.82) is 0 Å². The van der Waals surface area contributed by atoms with Crippen LogP contribution in [0.5, 0.6) is 0 Å². The molecule has 2 atom stereocenters. The van der Waals surface area contributed by atoms with Crippen LogP contribution in [-0.2, 0) is 0 Å². The molecule has 96 valence electrons. The summed E-state index contributed by atoms with van der Waals surface area (Å²) < 4.78 is 28.8. The Bertz CT molecular complexity index is 241. The van der Waals surface area contributed by atoms with Gasteiger partial charge in [0.1, 0.15) is 11.3 Å². The van der Waals surface area contributed by atoms with Gasteiger partial charge in [0.25, 0.3) is 0 Å². The standard InChI is InChI=1S/C14H26F2/c1-8-13(7,15)12(5,6)10-14(16,9-2)11(3)4/h8,11H,1,9-10H2,2-7H3. The van der Waals surface area contributed by atoms with Gasteiger partial charge >= 0.3 is 0 Å². The van der Waals surface area contributed by atoms with Gasteiger partial charge in [0, 0.05) is 5.41 Å². The number of rotatable bonds is 6. The Morgan fingerprint density at radius 3 is 1.88 bits per heavy atom. The van der Waals surface area contributed by atoms with Crippen LogP contribution in [0.3, 0.4) is 0 Å². The van der Waals surface area contributed by atoms with Gasteiger partial charge in [-0.2, -0.15) is 0 Å². The molecule has 0 bridgehead atoms. The van der Waals surface area contributed by atoms with Gasteiger partial charge in [-0.3, -0.25) is 0 Å². The second-order valence-electron chi connectivity index (χ2n) is 5.88. The Morgan fingerprint density at radius 1 is 1.19 bits per heavy atom. The van der Waals surface area contributed by atoms with E-state index in [0.717, 1.165) is 0 Å². The molecule has 0 aliphatic carbocycles. The Labute approximate surface area is 99.1 Å². The van der Waals surface area contributed by atoms with E-state index in [1.165, 1.54) is 13.0 Å². The Morgan fingerprint density at radius 2 is 1.62 bits per heavy atom. The van der Waals surface area contributed by atoms with Crippen LogP contribution in [0.25, 0.3) is 0 Å². The van der Waals surface area contributed by atoms with Crippen molar-refractivity contribution in [2.45, 2.75) is 65.7 Å². The molecule has 0 amide bonds. The SMILES string of the molecule is C=CC(C)(F)C(C)(C)CC(F)(CC)C(C)C. The molecule has 0 fully saturated rings. The van der Waals surface area contributed by atoms with Crippen molar-refractivity contribution in [3.8, 4) is 0 Å². The molecule has 0 aliphatic heterocycles. The predicted octanol–water partition coefficient (Wildman–Crippen LogP) is 5.09. The van der Waals surface area contributed by atoms with Crippen molar-refractivity contribution in [2.75, 3.05) is 0 Å². The molecule has 16 heavy (non-hydrogen) atoms. The summed E-state index contributed by atoms with van der Waals surface area (Å²) >= 11 is 0. The summed E-state index contributed by atoms with van der Waals surface area (Å²) in [5, 5.41) is 0. The van der Waals surface area contributed by atoms with E-state index >= 15 is 0 Å². The molecule has 0 aromatic heterocycles. The quantitative estimate of drug-likeness (QED) is 0.559. The van der Waals surface area contributed by atoms with Crippen LogP contribution >= 0.6 is 0 Å². The Kier molecular flexibility index (Phi) is 4.73. The lowest BCUT2D eigenvalue weighted by molar-refractivity contribution is -0.0163. The highest BCUT2D eigenvalue weighted by Gasteiger charge is 2.46. The maximum absolute atomic E-state index is 14.6. The summed E-state index contributed by atoms with van der Waals surface area (Å²) in [6.45, 7) is 14.0. The van der Waals surface area contributed by atoms with Gasteiger partial charge in [-0.15, -0.1) is 0 Å². The average molecular weight is 232 g/mol. The first-order valence-electron chi connectivity index (χ1n) is 6.04. The van der Waals surface area contributed by atoms with Gasteiger partial charge in [0.05, 0.1) is 0 Å². The van der Waals surface area contributed by atoms with E-state index < -0.39 is 16.8 Å². The molecule has 0 nitrogen and oxygen atoms in total. The van der Waals surface area contributed by atoms with Crippen LogP contribution in [0.1, 0.15) is 54.4 Å². The maximum atomic E-state index is 14.6.